The van der Waals surface area contributed by atoms with Gasteiger partial charge in [0.1, 0.15) is 5.69 Å². The van der Waals surface area contributed by atoms with Gasteiger partial charge in [-0.05, 0) is 67.0 Å². The minimum Gasteiger partial charge on any atom is -0.370 e. The number of fused-ring (bicyclic) bond motifs is 2. The first kappa shape index (κ1) is 25.1. The lowest BCUT2D eigenvalue weighted by Gasteiger charge is -2.29. The van der Waals surface area contributed by atoms with E-state index in [9.17, 15) is 4.79 Å². The fraction of sp³-hybridized carbons (Fsp3) is 0.355. The summed E-state index contributed by atoms with van der Waals surface area (Å²) in [5.41, 5.74) is 8.66. The molecule has 1 amide bonds. The number of pyridine rings is 1. The largest absolute Gasteiger partial charge is 0.370 e. The van der Waals surface area contributed by atoms with Gasteiger partial charge in [-0.1, -0.05) is 32.9 Å². The summed E-state index contributed by atoms with van der Waals surface area (Å²) in [6, 6.07) is 12.5. The molecule has 4 heterocycles. The smallest absolute Gasteiger partial charge is 0.224 e. The molecule has 5 aromatic rings. The predicted molar refractivity (Wildman–Crippen MR) is 158 cm³/mol. The van der Waals surface area contributed by atoms with Crippen LogP contribution >= 0.6 is 0 Å². The summed E-state index contributed by atoms with van der Waals surface area (Å²) < 4.78 is 0. The number of hydrogen-bond acceptors (Lipinski definition) is 5. The van der Waals surface area contributed by atoms with E-state index in [0.29, 0.717) is 12.1 Å². The number of hydrogen-bond donors (Lipinski definition) is 3. The van der Waals surface area contributed by atoms with Crippen molar-refractivity contribution < 1.29 is 4.79 Å². The van der Waals surface area contributed by atoms with Crippen molar-refractivity contribution in [2.45, 2.75) is 53.4 Å². The van der Waals surface area contributed by atoms with E-state index < -0.39 is 0 Å². The van der Waals surface area contributed by atoms with Gasteiger partial charge in [0.2, 0.25) is 5.91 Å². The Morgan fingerprint density at radius 3 is 2.64 bits per heavy atom. The molecule has 2 aromatic carbocycles. The Morgan fingerprint density at radius 1 is 1.03 bits per heavy atom. The van der Waals surface area contributed by atoms with Crippen molar-refractivity contribution in [3.8, 4) is 22.6 Å². The van der Waals surface area contributed by atoms with Crippen molar-refractivity contribution in [3.63, 3.8) is 0 Å². The number of nitrogens with zero attached hydrogens (tertiary/aromatic N) is 4. The molecule has 0 spiro atoms. The highest BCUT2D eigenvalue weighted by atomic mass is 16.1. The number of amides is 1. The number of aromatic amines is 2. The topological polar surface area (TPSA) is 103 Å². The van der Waals surface area contributed by atoms with E-state index in [1.807, 2.05) is 24.4 Å². The second kappa shape index (κ2) is 9.84. The van der Waals surface area contributed by atoms with Crippen LogP contribution in [0.25, 0.3) is 44.6 Å². The van der Waals surface area contributed by atoms with Crippen LogP contribution in [-0.2, 0) is 4.79 Å². The molecule has 1 fully saturated rings. The molecule has 3 aromatic heterocycles. The Morgan fingerprint density at radius 2 is 1.85 bits per heavy atom. The molecule has 0 bridgehead atoms. The number of carbonyl (C=O) groups excluding carboxylic acids is 1. The quantitative estimate of drug-likeness (QED) is 0.235. The van der Waals surface area contributed by atoms with E-state index in [1.54, 1.807) is 6.20 Å². The molecule has 1 saturated heterocycles. The monoisotopic (exact) mass is 521 g/mol. The molecular weight excluding hydrogens is 486 g/mol. The zero-order chi connectivity index (χ0) is 27.1. The van der Waals surface area contributed by atoms with Gasteiger partial charge in [0.25, 0.3) is 0 Å². The molecule has 39 heavy (non-hydrogen) atoms. The number of H-pyrrole nitrogens is 2. The van der Waals surface area contributed by atoms with Crippen molar-refractivity contribution in [1.29, 1.82) is 0 Å². The maximum Gasteiger partial charge on any atom is 0.224 e. The standard InChI is InChI=1S/C31H35N7O/c1-19-8-11-25(38-12-6-5-7-13-38)29-27(19)34-30(35-29)28-23-15-20(9-10-24(23)36-37-28)21-14-22(18-32-17-21)33-26(39)16-31(2,3)4/h8-11,14-15,17-18H,5-7,12-13,16H2,1-4H3,(H,33,39)(H,34,35)(H,36,37). The van der Waals surface area contributed by atoms with E-state index in [1.165, 1.54) is 24.9 Å². The Bertz CT molecular complexity index is 1670. The van der Waals surface area contributed by atoms with Gasteiger partial charge in [-0.2, -0.15) is 5.10 Å². The van der Waals surface area contributed by atoms with Gasteiger partial charge in [-0.15, -0.1) is 0 Å². The molecule has 8 nitrogen and oxygen atoms in total. The SMILES string of the molecule is Cc1ccc(N2CCCCC2)c2[nH]c(-c3n[nH]c4ccc(-c5cncc(NC(=O)CC(C)(C)C)c5)cc34)nc12. The van der Waals surface area contributed by atoms with Gasteiger partial charge in [0.15, 0.2) is 5.82 Å². The van der Waals surface area contributed by atoms with Crippen LogP contribution in [0.15, 0.2) is 48.8 Å². The lowest BCUT2D eigenvalue weighted by Crippen LogP contribution is -2.29. The number of nitrogens with one attached hydrogen (secondary N) is 3. The highest BCUT2D eigenvalue weighted by Gasteiger charge is 2.20. The number of imidazole rings is 1. The van der Waals surface area contributed by atoms with Crippen molar-refractivity contribution in [3.05, 3.63) is 54.4 Å². The Kier molecular flexibility index (Phi) is 6.33. The summed E-state index contributed by atoms with van der Waals surface area (Å²) >= 11 is 0. The molecular formula is C31H35N7O. The van der Waals surface area contributed by atoms with Crippen LogP contribution in [0.1, 0.15) is 52.0 Å². The minimum absolute atomic E-state index is 0.0156. The maximum atomic E-state index is 12.5. The molecule has 8 heteroatoms. The van der Waals surface area contributed by atoms with E-state index in [4.69, 9.17) is 4.98 Å². The second-order valence-electron chi connectivity index (χ2n) is 11.8. The van der Waals surface area contributed by atoms with Crippen LogP contribution in [0, 0.1) is 12.3 Å². The number of piperidine rings is 1. The van der Waals surface area contributed by atoms with Crippen molar-refractivity contribution in [2.24, 2.45) is 5.41 Å². The van der Waals surface area contributed by atoms with E-state index in [-0.39, 0.29) is 11.3 Å². The number of anilines is 2. The zero-order valence-electron chi connectivity index (χ0n) is 23.1. The third kappa shape index (κ3) is 5.11. The minimum atomic E-state index is -0.0818. The average molecular weight is 522 g/mol. The summed E-state index contributed by atoms with van der Waals surface area (Å²) in [7, 11) is 0. The Hall–Kier alpha value is -4.20. The van der Waals surface area contributed by atoms with Gasteiger partial charge in [0.05, 0.1) is 34.1 Å². The van der Waals surface area contributed by atoms with Crippen LogP contribution in [0.3, 0.4) is 0 Å². The molecule has 0 radical (unpaired) electrons. The van der Waals surface area contributed by atoms with E-state index in [0.717, 1.165) is 63.2 Å². The highest BCUT2D eigenvalue weighted by Crippen LogP contribution is 2.35. The third-order valence-corrected chi connectivity index (χ3v) is 7.35. The van der Waals surface area contributed by atoms with Crippen molar-refractivity contribution in [1.82, 2.24) is 25.1 Å². The highest BCUT2D eigenvalue weighted by molar-refractivity contribution is 5.98. The van der Waals surface area contributed by atoms with E-state index >= 15 is 0 Å². The van der Waals surface area contributed by atoms with Crippen LogP contribution < -0.4 is 10.2 Å². The first-order valence-corrected chi connectivity index (χ1v) is 13.7. The molecule has 6 rings (SSSR count). The van der Waals surface area contributed by atoms with Gasteiger partial charge >= 0.3 is 0 Å². The fourth-order valence-electron chi connectivity index (χ4n) is 5.45. The lowest BCUT2D eigenvalue weighted by atomic mass is 9.92. The summed E-state index contributed by atoms with van der Waals surface area (Å²) in [6.45, 7) is 10.4. The second-order valence-corrected chi connectivity index (χ2v) is 11.8. The van der Waals surface area contributed by atoms with Crippen LogP contribution in [0.2, 0.25) is 0 Å². The number of carbonyl (C=O) groups is 1. The zero-order valence-corrected chi connectivity index (χ0v) is 23.1. The summed E-state index contributed by atoms with van der Waals surface area (Å²) in [4.78, 5) is 28.0. The van der Waals surface area contributed by atoms with Crippen LogP contribution in [0.4, 0.5) is 11.4 Å². The summed E-state index contributed by atoms with van der Waals surface area (Å²) in [5.74, 6) is 0.736. The van der Waals surface area contributed by atoms with Gasteiger partial charge in [-0.3, -0.25) is 14.9 Å². The summed E-state index contributed by atoms with van der Waals surface area (Å²) in [5, 5.41) is 11.8. The van der Waals surface area contributed by atoms with Gasteiger partial charge < -0.3 is 15.2 Å². The Balaban J connectivity index is 1.36. The van der Waals surface area contributed by atoms with E-state index in [2.05, 4.69) is 76.3 Å². The normalized spacial score (nSPS) is 14.3. The lowest BCUT2D eigenvalue weighted by molar-refractivity contribution is -0.117. The third-order valence-electron chi connectivity index (χ3n) is 7.35. The Labute approximate surface area is 228 Å². The van der Waals surface area contributed by atoms with Gasteiger partial charge in [0, 0.05) is 36.7 Å². The van der Waals surface area contributed by atoms with Crippen molar-refractivity contribution in [2.75, 3.05) is 23.3 Å². The number of benzene rings is 2. The van der Waals surface area contributed by atoms with Crippen LogP contribution in [0.5, 0.6) is 0 Å². The first-order chi connectivity index (χ1) is 18.7. The number of rotatable bonds is 5. The van der Waals surface area contributed by atoms with Crippen molar-refractivity contribution >= 4 is 39.2 Å². The predicted octanol–water partition coefficient (Wildman–Crippen LogP) is 6.84. The molecule has 0 saturated carbocycles. The molecule has 0 aliphatic carbocycles. The fourth-order valence-corrected chi connectivity index (χ4v) is 5.45. The molecule has 1 aliphatic heterocycles. The summed E-state index contributed by atoms with van der Waals surface area (Å²) in [6.07, 6.45) is 7.68. The van der Waals surface area contributed by atoms with Gasteiger partial charge in [-0.25, -0.2) is 4.98 Å². The number of aromatic nitrogens is 5. The molecule has 0 unspecified atom stereocenters. The molecule has 1 aliphatic rings. The average Bonchev–Trinajstić information content (AvgIpc) is 3.53. The van der Waals surface area contributed by atoms with Crippen LogP contribution in [-0.4, -0.2) is 44.1 Å². The molecule has 3 N–H and O–H groups in total. The first-order valence-electron chi connectivity index (χ1n) is 13.7. The number of aryl methyl sites for hydroxylation is 1. The maximum absolute atomic E-state index is 12.5. The molecule has 200 valence electrons. The molecule has 0 atom stereocenters.